The van der Waals surface area contributed by atoms with Crippen LogP contribution in [0.1, 0.15) is 11.1 Å². The zero-order valence-corrected chi connectivity index (χ0v) is 11.0. The lowest BCUT2D eigenvalue weighted by Gasteiger charge is -2.06. The summed E-state index contributed by atoms with van der Waals surface area (Å²) in [6, 6.07) is 6.53. The lowest BCUT2D eigenvalue weighted by atomic mass is 10.1. The smallest absolute Gasteiger partial charge is 0.0629 e. The Morgan fingerprint density at radius 1 is 1.35 bits per heavy atom. The average Bonchev–Trinajstić information content (AvgIpc) is 2.68. The van der Waals surface area contributed by atoms with Crippen LogP contribution in [0.25, 0.3) is 0 Å². The van der Waals surface area contributed by atoms with Crippen molar-refractivity contribution in [1.29, 1.82) is 0 Å². The van der Waals surface area contributed by atoms with E-state index in [2.05, 4.69) is 30.2 Å². The van der Waals surface area contributed by atoms with Gasteiger partial charge in [0, 0.05) is 18.1 Å². The molecule has 2 rings (SSSR count). The molecule has 90 valence electrons. The number of hydrogen-bond acceptors (Lipinski definition) is 3. The Kier molecular flexibility index (Phi) is 3.86. The number of nitrogens with zero attached hydrogens (tertiary/aromatic N) is 2. The van der Waals surface area contributed by atoms with Gasteiger partial charge in [0.1, 0.15) is 0 Å². The summed E-state index contributed by atoms with van der Waals surface area (Å²) in [7, 11) is 1.93. The van der Waals surface area contributed by atoms with Crippen LogP contribution in [0.4, 0.5) is 0 Å². The van der Waals surface area contributed by atoms with E-state index in [-0.39, 0.29) is 0 Å². The predicted molar refractivity (Wildman–Crippen MR) is 71.3 cm³/mol. The molecule has 0 fully saturated rings. The molecule has 1 aromatic heterocycles. The van der Waals surface area contributed by atoms with E-state index in [1.54, 1.807) is 11.8 Å². The monoisotopic (exact) mass is 247 g/mol. The molecule has 2 aromatic rings. The van der Waals surface area contributed by atoms with Gasteiger partial charge in [-0.1, -0.05) is 17.8 Å². The average molecular weight is 247 g/mol. The van der Waals surface area contributed by atoms with Gasteiger partial charge in [-0.25, -0.2) is 0 Å². The van der Waals surface area contributed by atoms with E-state index >= 15 is 0 Å². The highest BCUT2D eigenvalue weighted by molar-refractivity contribution is 7.99. The molecule has 0 atom stereocenters. The zero-order chi connectivity index (χ0) is 12.3. The highest BCUT2D eigenvalue weighted by atomic mass is 32.2. The van der Waals surface area contributed by atoms with E-state index in [4.69, 9.17) is 5.73 Å². The van der Waals surface area contributed by atoms with Crippen molar-refractivity contribution in [3.05, 3.63) is 41.7 Å². The molecule has 0 amide bonds. The summed E-state index contributed by atoms with van der Waals surface area (Å²) in [5.41, 5.74) is 8.22. The van der Waals surface area contributed by atoms with Gasteiger partial charge in [-0.2, -0.15) is 5.10 Å². The van der Waals surface area contributed by atoms with Gasteiger partial charge in [-0.15, -0.1) is 0 Å². The minimum absolute atomic E-state index is 0.704. The molecule has 17 heavy (non-hydrogen) atoms. The van der Waals surface area contributed by atoms with E-state index in [0.29, 0.717) is 6.54 Å². The summed E-state index contributed by atoms with van der Waals surface area (Å²) in [6.45, 7) is 2.84. The van der Waals surface area contributed by atoms with Gasteiger partial charge < -0.3 is 5.73 Å². The molecular formula is C13H17N3S. The van der Waals surface area contributed by atoms with E-state index in [1.807, 2.05) is 24.1 Å². The Hall–Kier alpha value is -1.26. The molecule has 0 aliphatic carbocycles. The summed E-state index contributed by atoms with van der Waals surface area (Å²) >= 11 is 1.73. The molecule has 4 heteroatoms. The van der Waals surface area contributed by atoms with Crippen molar-refractivity contribution in [1.82, 2.24) is 9.78 Å². The molecule has 1 heterocycles. The summed E-state index contributed by atoms with van der Waals surface area (Å²) in [5, 5.41) is 4.16. The van der Waals surface area contributed by atoms with Crippen LogP contribution < -0.4 is 5.73 Å². The quantitative estimate of drug-likeness (QED) is 0.902. The fourth-order valence-electron chi connectivity index (χ4n) is 1.76. The van der Waals surface area contributed by atoms with E-state index < -0.39 is 0 Å². The third-order valence-electron chi connectivity index (χ3n) is 2.64. The Bertz CT molecular complexity index is 505. The van der Waals surface area contributed by atoms with Crippen molar-refractivity contribution in [2.45, 2.75) is 23.1 Å². The number of nitrogens with two attached hydrogens (primary N) is 1. The van der Waals surface area contributed by atoms with Crippen molar-refractivity contribution in [2.75, 3.05) is 6.54 Å². The maximum atomic E-state index is 5.58. The van der Waals surface area contributed by atoms with Crippen LogP contribution in [0, 0.1) is 6.92 Å². The van der Waals surface area contributed by atoms with Crippen molar-refractivity contribution in [3.63, 3.8) is 0 Å². The molecule has 0 spiro atoms. The van der Waals surface area contributed by atoms with E-state index in [9.17, 15) is 0 Å². The molecule has 0 saturated carbocycles. The first-order chi connectivity index (χ1) is 8.19. The highest BCUT2D eigenvalue weighted by Crippen LogP contribution is 2.28. The molecular weight excluding hydrogens is 230 g/mol. The van der Waals surface area contributed by atoms with Crippen LogP contribution in [-0.4, -0.2) is 16.3 Å². The van der Waals surface area contributed by atoms with Gasteiger partial charge in [-0.3, -0.25) is 4.68 Å². The third kappa shape index (κ3) is 3.11. The second-order valence-electron chi connectivity index (χ2n) is 4.08. The van der Waals surface area contributed by atoms with Gasteiger partial charge in [0.05, 0.1) is 11.1 Å². The zero-order valence-electron chi connectivity index (χ0n) is 10.2. The van der Waals surface area contributed by atoms with Crippen molar-refractivity contribution in [3.8, 4) is 0 Å². The van der Waals surface area contributed by atoms with Crippen LogP contribution in [-0.2, 0) is 13.5 Å². The lowest BCUT2D eigenvalue weighted by molar-refractivity contribution is 0.766. The number of hydrogen-bond donors (Lipinski definition) is 1. The standard InChI is InChI=1S/C13H17N3S/c1-10-7-12(4-3-11(10)5-6-14)17-13-8-15-16(2)9-13/h3-4,7-9H,5-6,14H2,1-2H3. The van der Waals surface area contributed by atoms with E-state index in [0.717, 1.165) is 6.42 Å². The normalized spacial score (nSPS) is 10.8. The summed E-state index contributed by atoms with van der Waals surface area (Å²) < 4.78 is 1.82. The molecule has 0 aliphatic heterocycles. The molecule has 3 nitrogen and oxygen atoms in total. The summed E-state index contributed by atoms with van der Waals surface area (Å²) in [4.78, 5) is 2.41. The second-order valence-corrected chi connectivity index (χ2v) is 5.23. The largest absolute Gasteiger partial charge is 0.330 e. The van der Waals surface area contributed by atoms with Crippen molar-refractivity contribution < 1.29 is 0 Å². The fourth-order valence-corrected chi connectivity index (χ4v) is 2.70. The summed E-state index contributed by atoms with van der Waals surface area (Å²) in [6.07, 6.45) is 4.85. The van der Waals surface area contributed by atoms with Gasteiger partial charge in [0.2, 0.25) is 0 Å². The lowest BCUT2D eigenvalue weighted by Crippen LogP contribution is -2.03. The minimum Gasteiger partial charge on any atom is -0.330 e. The van der Waals surface area contributed by atoms with E-state index in [1.165, 1.54) is 20.9 Å². The Morgan fingerprint density at radius 2 is 2.18 bits per heavy atom. The molecule has 0 unspecified atom stereocenters. The topological polar surface area (TPSA) is 43.8 Å². The first kappa shape index (κ1) is 12.2. The van der Waals surface area contributed by atoms with Gasteiger partial charge >= 0.3 is 0 Å². The highest BCUT2D eigenvalue weighted by Gasteiger charge is 2.03. The molecule has 0 radical (unpaired) electrons. The van der Waals surface area contributed by atoms with Crippen LogP contribution in [0.5, 0.6) is 0 Å². The Labute approximate surface area is 106 Å². The Balaban J connectivity index is 2.14. The van der Waals surface area contributed by atoms with Gasteiger partial charge in [-0.05, 0) is 43.1 Å². The number of benzene rings is 1. The first-order valence-electron chi connectivity index (χ1n) is 5.65. The minimum atomic E-state index is 0.704. The van der Waals surface area contributed by atoms with Gasteiger partial charge in [0.15, 0.2) is 0 Å². The fraction of sp³-hybridized carbons (Fsp3) is 0.308. The molecule has 0 aliphatic rings. The number of rotatable bonds is 4. The van der Waals surface area contributed by atoms with Crippen LogP contribution in [0.3, 0.4) is 0 Å². The molecule has 0 bridgehead atoms. The molecule has 2 N–H and O–H groups in total. The van der Waals surface area contributed by atoms with Gasteiger partial charge in [0.25, 0.3) is 0 Å². The molecule has 1 aromatic carbocycles. The number of aromatic nitrogens is 2. The van der Waals surface area contributed by atoms with Crippen LogP contribution in [0.15, 0.2) is 40.4 Å². The van der Waals surface area contributed by atoms with Crippen molar-refractivity contribution >= 4 is 11.8 Å². The predicted octanol–water partition coefficient (Wildman–Crippen LogP) is 2.38. The molecule has 0 saturated heterocycles. The van der Waals surface area contributed by atoms with Crippen molar-refractivity contribution in [2.24, 2.45) is 12.8 Å². The Morgan fingerprint density at radius 3 is 2.76 bits per heavy atom. The number of aryl methyl sites for hydroxylation is 2. The summed E-state index contributed by atoms with van der Waals surface area (Å²) in [5.74, 6) is 0. The third-order valence-corrected chi connectivity index (χ3v) is 3.58. The maximum Gasteiger partial charge on any atom is 0.0629 e. The van der Waals surface area contributed by atoms with Crippen LogP contribution in [0.2, 0.25) is 0 Å². The first-order valence-corrected chi connectivity index (χ1v) is 6.47. The van der Waals surface area contributed by atoms with Crippen LogP contribution >= 0.6 is 11.8 Å². The second kappa shape index (κ2) is 5.38. The SMILES string of the molecule is Cc1cc(Sc2cnn(C)c2)ccc1CCN. The maximum absolute atomic E-state index is 5.58.